The number of hydrogen-bond donors (Lipinski definition) is 18. The van der Waals surface area contributed by atoms with Crippen molar-refractivity contribution in [2.24, 2.45) is 0 Å². The van der Waals surface area contributed by atoms with Gasteiger partial charge in [-0.15, -0.1) is 0 Å². The van der Waals surface area contributed by atoms with Crippen LogP contribution in [0.25, 0.3) is 0 Å². The molecule has 0 saturated heterocycles. The van der Waals surface area contributed by atoms with E-state index in [0.29, 0.717) is 0 Å². The van der Waals surface area contributed by atoms with Crippen molar-refractivity contribution in [1.29, 1.82) is 0 Å². The molecule has 0 bridgehead atoms. The summed E-state index contributed by atoms with van der Waals surface area (Å²) >= 11 is 0. The Morgan fingerprint density at radius 3 is 0.500 bits per heavy atom. The number of carboxylic acids is 5. The first-order chi connectivity index (χ1) is 27.6. The van der Waals surface area contributed by atoms with Crippen molar-refractivity contribution in [2.75, 3.05) is 0 Å². The number of benzene rings is 5. The van der Waals surface area contributed by atoms with Crippen molar-refractivity contribution >= 4 is 67.6 Å². The maximum absolute atomic E-state index is 10.3. The van der Waals surface area contributed by atoms with Gasteiger partial charge in [-0.25, -0.2) is 14.4 Å². The Morgan fingerprint density at radius 1 is 0.290 bits per heavy atom. The third kappa shape index (κ3) is 16.5. The van der Waals surface area contributed by atoms with Gasteiger partial charge >= 0.3 is 55.6 Å². The fourth-order valence-electron chi connectivity index (χ4n) is 3.63. The SMILES string of the molecule is O=C(O)c1cc(O)c(O)c(O)c1.O=C(O)c1cc(O)c(O)c(O)c1.O=C(O)c1cc(O)c(O)c(O)c1.O=C([O-])c1cc(O)c(O)c(O)c1.O=C([O-])c1cc(O)c(O)c(O)c1.[Ca+2].[La]. The van der Waals surface area contributed by atoms with Gasteiger partial charge in [-0.1, -0.05) is 0 Å². The molecule has 0 saturated carbocycles. The summed E-state index contributed by atoms with van der Waals surface area (Å²) in [6, 6.07) is 8.20. The van der Waals surface area contributed by atoms with Crippen LogP contribution < -0.4 is 10.2 Å². The topological polar surface area (TPSA) is 496 Å². The van der Waals surface area contributed by atoms with Crippen molar-refractivity contribution in [3.8, 4) is 86.2 Å². The van der Waals surface area contributed by atoms with Crippen LogP contribution in [0.2, 0.25) is 0 Å². The minimum absolute atomic E-state index is 0. The van der Waals surface area contributed by atoms with Crippen molar-refractivity contribution in [3.05, 3.63) is 88.5 Å². The van der Waals surface area contributed by atoms with Crippen LogP contribution in [-0.2, 0) is 0 Å². The zero-order chi connectivity index (χ0) is 46.5. The van der Waals surface area contributed by atoms with Gasteiger partial charge < -0.3 is 112 Å². The fraction of sp³-hybridized carbons (Fsp3) is 0. The molecule has 62 heavy (non-hydrogen) atoms. The number of carbonyl (C=O) groups excluding carboxylic acids is 2. The molecular formula is C35H28CaLaO25. The number of carbonyl (C=O) groups is 5. The van der Waals surface area contributed by atoms with E-state index in [-0.39, 0.29) is 90.0 Å². The summed E-state index contributed by atoms with van der Waals surface area (Å²) < 4.78 is 0. The van der Waals surface area contributed by atoms with Crippen LogP contribution in [-0.4, -0.2) is 160 Å². The number of hydrogen-bond acceptors (Lipinski definition) is 22. The van der Waals surface area contributed by atoms with Gasteiger partial charge in [0.15, 0.2) is 86.2 Å². The summed E-state index contributed by atoms with van der Waals surface area (Å²) in [7, 11) is 0. The molecule has 323 valence electrons. The number of carboxylic acid groups (broad SMARTS) is 5. The van der Waals surface area contributed by atoms with E-state index in [2.05, 4.69) is 0 Å². The first-order valence-corrected chi connectivity index (χ1v) is 15.0. The molecule has 0 aliphatic heterocycles. The van der Waals surface area contributed by atoms with Crippen molar-refractivity contribution < 1.29 is 162 Å². The third-order valence-electron chi connectivity index (χ3n) is 6.56. The van der Waals surface area contributed by atoms with Crippen LogP contribution >= 0.6 is 0 Å². The molecule has 18 N–H and O–H groups in total. The standard InChI is InChI=1S/5C7H6O5.Ca.La/c5*8-4-1-3(7(11)12)2-5(9)6(4)10;;/h5*1-2,8-10H,(H,11,12);;/q;;;;;+2;/p-2. The Labute approximate surface area is 400 Å². The molecule has 0 spiro atoms. The second kappa shape index (κ2) is 24.9. The van der Waals surface area contributed by atoms with E-state index in [1.165, 1.54) is 0 Å². The molecule has 0 fully saturated rings. The van der Waals surface area contributed by atoms with E-state index in [0.717, 1.165) is 60.7 Å². The first-order valence-electron chi connectivity index (χ1n) is 15.0. The summed E-state index contributed by atoms with van der Waals surface area (Å²) in [5, 5.41) is 178. The van der Waals surface area contributed by atoms with Crippen molar-refractivity contribution in [2.45, 2.75) is 0 Å². The molecule has 1 radical (unpaired) electrons. The molecule has 0 amide bonds. The van der Waals surface area contributed by atoms with Crippen molar-refractivity contribution in [3.63, 3.8) is 0 Å². The number of aromatic hydroxyl groups is 15. The van der Waals surface area contributed by atoms with Gasteiger partial charge in [-0.2, -0.15) is 0 Å². The van der Waals surface area contributed by atoms with E-state index in [9.17, 15) is 34.2 Å². The van der Waals surface area contributed by atoms with Gasteiger partial charge in [0, 0.05) is 46.7 Å². The second-order valence-electron chi connectivity index (χ2n) is 10.8. The molecule has 0 heterocycles. The van der Waals surface area contributed by atoms with Crippen molar-refractivity contribution in [1.82, 2.24) is 0 Å². The average molecular weight is 1030 g/mol. The summed E-state index contributed by atoms with van der Waals surface area (Å²) in [4.78, 5) is 51.3. The molecule has 0 unspecified atom stereocenters. The monoisotopic (exact) mass is 1030 g/mol. The van der Waals surface area contributed by atoms with Gasteiger partial charge in [0.2, 0.25) is 0 Å². The van der Waals surface area contributed by atoms with E-state index < -0.39 is 127 Å². The predicted octanol–water partition coefficient (Wildman–Crippen LogP) is -0.542. The summed E-state index contributed by atoms with van der Waals surface area (Å²) in [6.45, 7) is 0. The maximum atomic E-state index is 10.3. The smallest absolute Gasteiger partial charge is 0.545 e. The molecule has 0 aliphatic rings. The van der Waals surface area contributed by atoms with Gasteiger partial charge in [0.25, 0.3) is 0 Å². The van der Waals surface area contributed by atoms with Gasteiger partial charge in [0.1, 0.15) is 0 Å². The van der Waals surface area contributed by atoms with Gasteiger partial charge in [0.05, 0.1) is 28.6 Å². The normalized spacial score (nSPS) is 9.35. The molecule has 25 nitrogen and oxygen atoms in total. The molecule has 5 rings (SSSR count). The zero-order valence-electron chi connectivity index (χ0n) is 30.5. The largest absolute Gasteiger partial charge is 2.00 e. The Balaban J connectivity index is 0. The Bertz CT molecular complexity index is 1940. The zero-order valence-corrected chi connectivity index (χ0v) is 36.3. The molecule has 0 aromatic heterocycles. The van der Waals surface area contributed by atoms with Crippen LogP contribution in [0.3, 0.4) is 0 Å². The van der Waals surface area contributed by atoms with Crippen LogP contribution in [0.4, 0.5) is 0 Å². The van der Waals surface area contributed by atoms with E-state index >= 15 is 0 Å². The number of phenolic OH excluding ortho intramolecular Hbond substituents is 15. The van der Waals surface area contributed by atoms with Crippen LogP contribution in [0.5, 0.6) is 86.2 Å². The number of aromatic carboxylic acids is 5. The summed E-state index contributed by atoms with van der Waals surface area (Å²) in [6.07, 6.45) is 0. The quantitative estimate of drug-likeness (QED) is 0.0776. The summed E-state index contributed by atoms with van der Waals surface area (Å²) in [5.41, 5.74) is -1.67. The predicted molar refractivity (Wildman–Crippen MR) is 192 cm³/mol. The number of phenols is 15. The first kappa shape index (κ1) is 57.0. The molecular weight excluding hydrogens is 999 g/mol. The summed E-state index contributed by atoms with van der Waals surface area (Å²) in [5.74, 6) is -17.4. The van der Waals surface area contributed by atoms with E-state index in [4.69, 9.17) is 91.9 Å². The molecule has 5 aromatic rings. The minimum Gasteiger partial charge on any atom is -0.545 e. The second-order valence-corrected chi connectivity index (χ2v) is 10.8. The van der Waals surface area contributed by atoms with E-state index in [1.54, 1.807) is 0 Å². The molecule has 5 aromatic carbocycles. The minimum atomic E-state index is -1.54. The Morgan fingerprint density at radius 2 is 0.403 bits per heavy atom. The number of rotatable bonds is 5. The van der Waals surface area contributed by atoms with Crippen LogP contribution in [0, 0.1) is 35.6 Å². The van der Waals surface area contributed by atoms with Gasteiger partial charge in [-0.05, 0) is 60.7 Å². The maximum Gasteiger partial charge on any atom is 2.00 e. The molecule has 0 aliphatic carbocycles. The third-order valence-corrected chi connectivity index (χ3v) is 6.56. The van der Waals surface area contributed by atoms with Gasteiger partial charge in [-0.3, -0.25) is 0 Å². The Kier molecular flexibility index (Phi) is 22.9. The molecule has 27 heteroatoms. The average Bonchev–Trinajstić information content (AvgIpc) is 3.15. The Hall–Kier alpha value is -7.10. The van der Waals surface area contributed by atoms with E-state index in [1.807, 2.05) is 0 Å². The fourth-order valence-corrected chi connectivity index (χ4v) is 3.63. The van der Waals surface area contributed by atoms with Crippen LogP contribution in [0.15, 0.2) is 60.7 Å². The molecule has 0 atom stereocenters. The van der Waals surface area contributed by atoms with Crippen LogP contribution in [0.1, 0.15) is 51.8 Å².